The van der Waals surface area contributed by atoms with E-state index in [2.05, 4.69) is 64.0 Å². The Morgan fingerprint density at radius 3 is 2.67 bits per heavy atom. The van der Waals surface area contributed by atoms with Crippen molar-refractivity contribution < 1.29 is 0 Å². The lowest BCUT2D eigenvalue weighted by atomic mass is 10.1. The van der Waals surface area contributed by atoms with E-state index in [0.29, 0.717) is 0 Å². The summed E-state index contributed by atoms with van der Waals surface area (Å²) in [6.07, 6.45) is 3.08. The van der Waals surface area contributed by atoms with Gasteiger partial charge in [-0.2, -0.15) is 5.10 Å². The summed E-state index contributed by atoms with van der Waals surface area (Å²) in [5, 5.41) is 8.09. The summed E-state index contributed by atoms with van der Waals surface area (Å²) >= 11 is 3.54. The molecule has 0 saturated carbocycles. The third-order valence-electron chi connectivity index (χ3n) is 3.77. The summed E-state index contributed by atoms with van der Waals surface area (Å²) in [6.45, 7) is 6.25. The molecule has 0 bridgehead atoms. The zero-order valence-corrected chi connectivity index (χ0v) is 14.7. The third-order valence-corrected chi connectivity index (χ3v) is 4.26. The van der Waals surface area contributed by atoms with E-state index in [1.807, 2.05) is 7.05 Å². The molecule has 1 aromatic heterocycles. The molecule has 0 amide bonds. The molecule has 2 rings (SSSR count). The second-order valence-electron chi connectivity index (χ2n) is 5.22. The third kappa shape index (κ3) is 3.95. The van der Waals surface area contributed by atoms with Crippen molar-refractivity contribution in [3.05, 3.63) is 51.3 Å². The molecule has 0 aliphatic rings. The topological polar surface area (TPSA) is 29.9 Å². The average molecular weight is 350 g/mol. The van der Waals surface area contributed by atoms with Crippen molar-refractivity contribution in [2.45, 2.75) is 39.7 Å². The molecular formula is C17H24BrN3. The van der Waals surface area contributed by atoms with Gasteiger partial charge in [0.1, 0.15) is 0 Å². The molecule has 0 aliphatic carbocycles. The van der Waals surface area contributed by atoms with Gasteiger partial charge < -0.3 is 5.32 Å². The van der Waals surface area contributed by atoms with Crippen LogP contribution in [-0.2, 0) is 25.8 Å². The maximum Gasteiger partial charge on any atom is 0.0663 e. The summed E-state index contributed by atoms with van der Waals surface area (Å²) in [6, 6.07) is 8.46. The Morgan fingerprint density at radius 1 is 1.24 bits per heavy atom. The van der Waals surface area contributed by atoms with Crippen molar-refractivity contribution >= 4 is 15.9 Å². The molecule has 0 saturated heterocycles. The average Bonchev–Trinajstić information content (AvgIpc) is 2.81. The van der Waals surface area contributed by atoms with Crippen LogP contribution in [0, 0.1) is 0 Å². The highest BCUT2D eigenvalue weighted by atomic mass is 79.9. The number of hydrogen-bond donors (Lipinski definition) is 1. The zero-order valence-electron chi connectivity index (χ0n) is 13.1. The highest BCUT2D eigenvalue weighted by Crippen LogP contribution is 2.19. The number of aryl methyl sites for hydroxylation is 1. The normalized spacial score (nSPS) is 11.0. The summed E-state index contributed by atoms with van der Waals surface area (Å²) in [7, 11) is 2.00. The monoisotopic (exact) mass is 349 g/mol. The molecule has 3 nitrogen and oxygen atoms in total. The number of benzene rings is 1. The standard InChI is InChI=1S/C17H24BrN3/c1-4-16-15(9-10-19-3)17(5-2)21(20-16)12-13-7-6-8-14(18)11-13/h6-8,11,19H,4-5,9-10,12H2,1-3H3. The molecule has 21 heavy (non-hydrogen) atoms. The molecule has 0 fully saturated rings. The van der Waals surface area contributed by atoms with E-state index < -0.39 is 0 Å². The van der Waals surface area contributed by atoms with Gasteiger partial charge in [-0.25, -0.2) is 0 Å². The first-order valence-corrected chi connectivity index (χ1v) is 8.45. The van der Waals surface area contributed by atoms with Crippen LogP contribution in [0.3, 0.4) is 0 Å². The maximum atomic E-state index is 4.85. The predicted octanol–water partition coefficient (Wildman–Crippen LogP) is 3.58. The van der Waals surface area contributed by atoms with Crippen molar-refractivity contribution in [3.63, 3.8) is 0 Å². The second kappa shape index (κ2) is 7.76. The fraction of sp³-hybridized carbons (Fsp3) is 0.471. The zero-order chi connectivity index (χ0) is 15.2. The molecule has 0 aliphatic heterocycles. The number of halogens is 1. The largest absolute Gasteiger partial charge is 0.319 e. The smallest absolute Gasteiger partial charge is 0.0663 e. The van der Waals surface area contributed by atoms with Crippen molar-refractivity contribution in [2.24, 2.45) is 0 Å². The van der Waals surface area contributed by atoms with Crippen LogP contribution < -0.4 is 5.32 Å². The lowest BCUT2D eigenvalue weighted by Crippen LogP contribution is -2.12. The van der Waals surface area contributed by atoms with E-state index >= 15 is 0 Å². The van der Waals surface area contributed by atoms with E-state index in [9.17, 15) is 0 Å². The van der Waals surface area contributed by atoms with Crippen LogP contribution in [0.5, 0.6) is 0 Å². The number of hydrogen-bond acceptors (Lipinski definition) is 2. The van der Waals surface area contributed by atoms with Gasteiger partial charge in [-0.3, -0.25) is 4.68 Å². The first-order chi connectivity index (χ1) is 10.2. The molecule has 1 aromatic carbocycles. The van der Waals surface area contributed by atoms with Crippen LogP contribution in [0.1, 0.15) is 36.4 Å². The van der Waals surface area contributed by atoms with Gasteiger partial charge in [0, 0.05) is 10.2 Å². The van der Waals surface area contributed by atoms with Gasteiger partial charge in [-0.05, 0) is 56.1 Å². The minimum atomic E-state index is 0.842. The van der Waals surface area contributed by atoms with E-state index in [-0.39, 0.29) is 0 Å². The molecular weight excluding hydrogens is 326 g/mol. The fourth-order valence-electron chi connectivity index (χ4n) is 2.75. The Balaban J connectivity index is 2.32. The van der Waals surface area contributed by atoms with Crippen LogP contribution in [0.2, 0.25) is 0 Å². The van der Waals surface area contributed by atoms with Crippen LogP contribution in [0.25, 0.3) is 0 Å². The number of aromatic nitrogens is 2. The lowest BCUT2D eigenvalue weighted by Gasteiger charge is -2.08. The summed E-state index contributed by atoms with van der Waals surface area (Å²) in [4.78, 5) is 0. The van der Waals surface area contributed by atoms with Gasteiger partial charge in [0.2, 0.25) is 0 Å². The molecule has 0 unspecified atom stereocenters. The van der Waals surface area contributed by atoms with Crippen molar-refractivity contribution in [3.8, 4) is 0 Å². The lowest BCUT2D eigenvalue weighted by molar-refractivity contribution is 0.638. The molecule has 2 aromatic rings. The van der Waals surface area contributed by atoms with Crippen LogP contribution in [0.4, 0.5) is 0 Å². The minimum Gasteiger partial charge on any atom is -0.319 e. The van der Waals surface area contributed by atoms with Gasteiger partial charge in [-0.1, -0.05) is 41.9 Å². The number of nitrogens with zero attached hydrogens (tertiary/aromatic N) is 2. The van der Waals surface area contributed by atoms with Crippen LogP contribution in [0.15, 0.2) is 28.7 Å². The fourth-order valence-corrected chi connectivity index (χ4v) is 3.19. The van der Waals surface area contributed by atoms with Crippen molar-refractivity contribution in [2.75, 3.05) is 13.6 Å². The second-order valence-corrected chi connectivity index (χ2v) is 6.14. The SMILES string of the molecule is CCc1nn(Cc2cccc(Br)c2)c(CC)c1CCNC. The number of likely N-dealkylation sites (N-methyl/N-ethyl adjacent to an activating group) is 1. The van der Waals surface area contributed by atoms with E-state index in [4.69, 9.17) is 5.10 Å². The Labute approximate surface area is 135 Å². The summed E-state index contributed by atoms with van der Waals surface area (Å²) < 4.78 is 3.31. The van der Waals surface area contributed by atoms with Gasteiger partial charge in [0.15, 0.2) is 0 Å². The van der Waals surface area contributed by atoms with Crippen molar-refractivity contribution in [1.29, 1.82) is 0 Å². The van der Waals surface area contributed by atoms with Gasteiger partial charge >= 0.3 is 0 Å². The van der Waals surface area contributed by atoms with Gasteiger partial charge in [0.05, 0.1) is 12.2 Å². The Kier molecular flexibility index (Phi) is 6.00. The summed E-state index contributed by atoms with van der Waals surface area (Å²) in [5.41, 5.74) is 5.34. The van der Waals surface area contributed by atoms with E-state index in [1.54, 1.807) is 0 Å². The molecule has 1 N–H and O–H groups in total. The Hall–Kier alpha value is -1.13. The van der Waals surface area contributed by atoms with E-state index in [1.165, 1.54) is 22.5 Å². The van der Waals surface area contributed by atoms with Gasteiger partial charge in [0.25, 0.3) is 0 Å². The Morgan fingerprint density at radius 2 is 2.05 bits per heavy atom. The number of rotatable bonds is 7. The van der Waals surface area contributed by atoms with Gasteiger partial charge in [-0.15, -0.1) is 0 Å². The summed E-state index contributed by atoms with van der Waals surface area (Å²) in [5.74, 6) is 0. The maximum absolute atomic E-state index is 4.85. The Bertz CT molecular complexity index is 590. The van der Waals surface area contributed by atoms with E-state index in [0.717, 1.165) is 36.8 Å². The molecule has 0 radical (unpaired) electrons. The number of nitrogens with one attached hydrogen (secondary N) is 1. The highest BCUT2D eigenvalue weighted by Gasteiger charge is 2.15. The van der Waals surface area contributed by atoms with Crippen LogP contribution in [-0.4, -0.2) is 23.4 Å². The molecule has 0 atom stereocenters. The quantitative estimate of drug-likeness (QED) is 0.827. The molecule has 1 heterocycles. The highest BCUT2D eigenvalue weighted by molar-refractivity contribution is 9.10. The predicted molar refractivity (Wildman–Crippen MR) is 91.9 cm³/mol. The first-order valence-electron chi connectivity index (χ1n) is 7.66. The minimum absolute atomic E-state index is 0.842. The molecule has 4 heteroatoms. The molecule has 114 valence electrons. The van der Waals surface area contributed by atoms with Crippen LogP contribution >= 0.6 is 15.9 Å². The molecule has 0 spiro atoms. The van der Waals surface area contributed by atoms with Crippen molar-refractivity contribution in [1.82, 2.24) is 15.1 Å². The first kappa shape index (κ1) is 16.2.